The minimum Gasteiger partial charge on any atom is -0.492 e. The van der Waals surface area contributed by atoms with Crippen molar-refractivity contribution in [1.29, 1.82) is 0 Å². The molecule has 2 rings (SSSR count). The fourth-order valence-corrected chi connectivity index (χ4v) is 2.56. The van der Waals surface area contributed by atoms with Crippen molar-refractivity contribution in [3.63, 3.8) is 0 Å². The first-order valence-electron chi connectivity index (χ1n) is 9.30. The molecule has 0 spiro atoms. The minimum atomic E-state index is 0. The van der Waals surface area contributed by atoms with E-state index in [4.69, 9.17) is 4.74 Å². The number of aliphatic imine (C=N–C) groups is 1. The van der Waals surface area contributed by atoms with Crippen LogP contribution in [0.4, 0.5) is 0 Å². The van der Waals surface area contributed by atoms with E-state index < -0.39 is 0 Å². The Balaban J connectivity index is 0.00000392. The Morgan fingerprint density at radius 2 is 2.04 bits per heavy atom. The van der Waals surface area contributed by atoms with Crippen molar-refractivity contribution in [3.05, 3.63) is 42.0 Å². The van der Waals surface area contributed by atoms with E-state index in [1.54, 1.807) is 13.4 Å². The lowest BCUT2D eigenvalue weighted by molar-refractivity contribution is 0.259. The molecule has 0 amide bonds. The molecule has 0 saturated heterocycles. The van der Waals surface area contributed by atoms with Gasteiger partial charge in [0.15, 0.2) is 5.96 Å². The number of nitrogens with one attached hydrogen (secondary N) is 2. The zero-order valence-electron chi connectivity index (χ0n) is 17.2. The first-order chi connectivity index (χ1) is 13.1. The quantitative estimate of drug-likeness (QED) is 0.294. The normalized spacial score (nSPS) is 11.2. The van der Waals surface area contributed by atoms with Gasteiger partial charge in [0, 0.05) is 45.2 Å². The zero-order valence-corrected chi connectivity index (χ0v) is 19.5. The van der Waals surface area contributed by atoms with Gasteiger partial charge in [-0.05, 0) is 20.2 Å². The molecule has 0 radical (unpaired) electrons. The van der Waals surface area contributed by atoms with Crippen LogP contribution >= 0.6 is 24.0 Å². The van der Waals surface area contributed by atoms with Crippen LogP contribution in [0.2, 0.25) is 0 Å². The Morgan fingerprint density at radius 1 is 1.25 bits per heavy atom. The molecule has 8 nitrogen and oxygen atoms in total. The monoisotopic (exact) mass is 501 g/mol. The van der Waals surface area contributed by atoms with E-state index in [-0.39, 0.29) is 24.0 Å². The molecular weight excluding hydrogens is 469 g/mol. The standard InChI is InChI=1S/C19H31N7O.HI/c1-5-18-24-23-15-26(18)11-10-21-19(20-2)22-14-16-8-6-7-9-17(16)27-13-12-25(3)4;/h6-9,15H,5,10-14H2,1-4H3,(H2,20,21,22);1H. The van der Waals surface area contributed by atoms with Gasteiger partial charge in [-0.3, -0.25) is 4.99 Å². The average molecular weight is 501 g/mol. The maximum Gasteiger partial charge on any atom is 0.191 e. The Hall–Kier alpha value is -1.88. The van der Waals surface area contributed by atoms with Crippen molar-refractivity contribution in [3.8, 4) is 5.75 Å². The summed E-state index contributed by atoms with van der Waals surface area (Å²) in [6.45, 7) is 5.80. The van der Waals surface area contributed by atoms with E-state index in [1.165, 1.54) is 0 Å². The lowest BCUT2D eigenvalue weighted by Crippen LogP contribution is -2.38. The van der Waals surface area contributed by atoms with Gasteiger partial charge >= 0.3 is 0 Å². The molecule has 0 aliphatic rings. The van der Waals surface area contributed by atoms with Crippen molar-refractivity contribution >= 4 is 29.9 Å². The number of rotatable bonds is 10. The third kappa shape index (κ3) is 8.01. The van der Waals surface area contributed by atoms with Crippen molar-refractivity contribution in [2.24, 2.45) is 4.99 Å². The summed E-state index contributed by atoms with van der Waals surface area (Å²) < 4.78 is 7.96. The smallest absolute Gasteiger partial charge is 0.191 e. The second-order valence-electron chi connectivity index (χ2n) is 6.41. The number of halogens is 1. The maximum atomic E-state index is 5.91. The van der Waals surface area contributed by atoms with E-state index in [0.717, 1.165) is 49.2 Å². The highest BCUT2D eigenvalue weighted by Crippen LogP contribution is 2.17. The largest absolute Gasteiger partial charge is 0.492 e. The lowest BCUT2D eigenvalue weighted by Gasteiger charge is -2.16. The molecule has 0 fully saturated rings. The molecular formula is C19H32IN7O. The molecule has 1 heterocycles. The number of benzene rings is 1. The summed E-state index contributed by atoms with van der Waals surface area (Å²) in [4.78, 5) is 6.39. The van der Waals surface area contributed by atoms with Gasteiger partial charge in [0.25, 0.3) is 0 Å². The molecule has 156 valence electrons. The van der Waals surface area contributed by atoms with Crippen LogP contribution in [-0.2, 0) is 19.5 Å². The molecule has 2 N–H and O–H groups in total. The van der Waals surface area contributed by atoms with Gasteiger partial charge in [0.2, 0.25) is 0 Å². The predicted molar refractivity (Wildman–Crippen MR) is 124 cm³/mol. The highest BCUT2D eigenvalue weighted by Gasteiger charge is 2.06. The number of likely N-dealkylation sites (N-methyl/N-ethyl adjacent to an activating group) is 1. The minimum absolute atomic E-state index is 0. The van der Waals surface area contributed by atoms with Gasteiger partial charge < -0.3 is 24.8 Å². The van der Waals surface area contributed by atoms with Gasteiger partial charge in [-0.25, -0.2) is 0 Å². The summed E-state index contributed by atoms with van der Waals surface area (Å²) in [6, 6.07) is 8.08. The number of ether oxygens (including phenoxy) is 1. The number of aromatic nitrogens is 3. The number of guanidine groups is 1. The second kappa shape index (κ2) is 13.3. The van der Waals surface area contributed by atoms with Gasteiger partial charge in [-0.1, -0.05) is 25.1 Å². The maximum absolute atomic E-state index is 5.91. The number of para-hydroxylation sites is 1. The van der Waals surface area contributed by atoms with Crippen molar-refractivity contribution in [1.82, 2.24) is 30.3 Å². The number of nitrogens with zero attached hydrogens (tertiary/aromatic N) is 5. The summed E-state index contributed by atoms with van der Waals surface area (Å²) in [5, 5.41) is 14.7. The summed E-state index contributed by atoms with van der Waals surface area (Å²) in [6.07, 6.45) is 2.63. The van der Waals surface area contributed by atoms with Crippen molar-refractivity contribution in [2.75, 3.05) is 40.8 Å². The topological polar surface area (TPSA) is 79.6 Å². The molecule has 9 heteroatoms. The summed E-state index contributed by atoms with van der Waals surface area (Å²) in [5.41, 5.74) is 1.10. The zero-order chi connectivity index (χ0) is 19.5. The fourth-order valence-electron chi connectivity index (χ4n) is 2.56. The molecule has 0 atom stereocenters. The molecule has 0 aliphatic carbocycles. The summed E-state index contributed by atoms with van der Waals surface area (Å²) in [5.74, 6) is 2.65. The van der Waals surface area contributed by atoms with Crippen LogP contribution in [-0.4, -0.2) is 66.5 Å². The highest BCUT2D eigenvalue weighted by atomic mass is 127. The molecule has 0 bridgehead atoms. The Kier molecular flexibility index (Phi) is 11.5. The SMILES string of the molecule is CCc1nncn1CCNC(=NC)NCc1ccccc1OCCN(C)C.I. The Morgan fingerprint density at radius 3 is 2.75 bits per heavy atom. The number of aryl methyl sites for hydroxylation is 1. The van der Waals surface area contributed by atoms with Crippen LogP contribution in [0.25, 0.3) is 0 Å². The van der Waals surface area contributed by atoms with Crippen LogP contribution in [0.15, 0.2) is 35.6 Å². The Bertz CT molecular complexity index is 718. The van der Waals surface area contributed by atoms with Crippen LogP contribution < -0.4 is 15.4 Å². The first kappa shape index (κ1) is 24.2. The third-order valence-corrected chi connectivity index (χ3v) is 4.10. The number of hydrogen-bond acceptors (Lipinski definition) is 5. The van der Waals surface area contributed by atoms with E-state index in [2.05, 4.69) is 43.7 Å². The third-order valence-electron chi connectivity index (χ3n) is 4.10. The van der Waals surface area contributed by atoms with E-state index in [1.807, 2.05) is 36.9 Å². The lowest BCUT2D eigenvalue weighted by atomic mass is 10.2. The predicted octanol–water partition coefficient (Wildman–Crippen LogP) is 1.76. The summed E-state index contributed by atoms with van der Waals surface area (Å²) in [7, 11) is 5.84. The van der Waals surface area contributed by atoms with E-state index >= 15 is 0 Å². The van der Waals surface area contributed by atoms with E-state index in [0.29, 0.717) is 13.2 Å². The van der Waals surface area contributed by atoms with E-state index in [9.17, 15) is 0 Å². The van der Waals surface area contributed by atoms with Crippen molar-refractivity contribution in [2.45, 2.75) is 26.4 Å². The van der Waals surface area contributed by atoms with Crippen LogP contribution in [0.1, 0.15) is 18.3 Å². The molecule has 28 heavy (non-hydrogen) atoms. The second-order valence-corrected chi connectivity index (χ2v) is 6.41. The molecule has 2 aromatic rings. The summed E-state index contributed by atoms with van der Waals surface area (Å²) >= 11 is 0. The fraction of sp³-hybridized carbons (Fsp3) is 0.526. The average Bonchev–Trinajstić information content (AvgIpc) is 3.12. The van der Waals surface area contributed by atoms with Gasteiger partial charge in [0.05, 0.1) is 0 Å². The molecule has 0 saturated carbocycles. The van der Waals surface area contributed by atoms with Gasteiger partial charge in [-0.2, -0.15) is 0 Å². The molecule has 0 unspecified atom stereocenters. The molecule has 0 aliphatic heterocycles. The van der Waals surface area contributed by atoms with Crippen molar-refractivity contribution < 1.29 is 4.74 Å². The van der Waals surface area contributed by atoms with Crippen LogP contribution in [0.5, 0.6) is 5.75 Å². The Labute approximate surface area is 184 Å². The first-order valence-corrected chi connectivity index (χ1v) is 9.30. The highest BCUT2D eigenvalue weighted by molar-refractivity contribution is 14.0. The molecule has 1 aromatic carbocycles. The molecule has 1 aromatic heterocycles. The number of hydrogen-bond donors (Lipinski definition) is 2. The van der Waals surface area contributed by atoms with Crippen LogP contribution in [0, 0.1) is 0 Å². The van der Waals surface area contributed by atoms with Crippen LogP contribution in [0.3, 0.4) is 0 Å². The van der Waals surface area contributed by atoms with Gasteiger partial charge in [-0.15, -0.1) is 34.2 Å². The van der Waals surface area contributed by atoms with Gasteiger partial charge in [0.1, 0.15) is 24.5 Å².